The molecule has 3 rings (SSSR count). The van der Waals surface area contributed by atoms with Crippen molar-refractivity contribution < 1.29 is 9.21 Å². The quantitative estimate of drug-likeness (QED) is 0.897. The molecule has 1 aliphatic rings. The third-order valence-corrected chi connectivity index (χ3v) is 4.68. The zero-order chi connectivity index (χ0) is 14.8. The maximum absolute atomic E-state index is 12.2. The second-order valence-corrected chi connectivity index (χ2v) is 6.22. The summed E-state index contributed by atoms with van der Waals surface area (Å²) in [5.74, 6) is 0.991. The lowest BCUT2D eigenvalue weighted by atomic mass is 10.1. The second kappa shape index (κ2) is 6.02. The molecule has 0 saturated heterocycles. The molecule has 1 heterocycles. The Morgan fingerprint density at radius 1 is 1.48 bits per heavy atom. The minimum atomic E-state index is -0.140. The third kappa shape index (κ3) is 3.18. The smallest absolute Gasteiger partial charge is 0.273 e. The Hall–Kier alpha value is -1.62. The Labute approximate surface area is 132 Å². The van der Waals surface area contributed by atoms with Crippen LogP contribution in [0.3, 0.4) is 0 Å². The second-order valence-electron chi connectivity index (χ2n) is 5.37. The molecule has 0 bridgehead atoms. The molecule has 2 aromatic rings. The zero-order valence-corrected chi connectivity index (χ0v) is 13.4. The van der Waals surface area contributed by atoms with Crippen LogP contribution in [0.4, 0.5) is 0 Å². The van der Waals surface area contributed by atoms with E-state index in [1.165, 1.54) is 17.5 Å². The minimum absolute atomic E-state index is 0.140. The lowest BCUT2D eigenvalue weighted by Gasteiger charge is -2.08. The van der Waals surface area contributed by atoms with E-state index in [4.69, 9.17) is 4.42 Å². The molecule has 5 heteroatoms. The van der Waals surface area contributed by atoms with Gasteiger partial charge in [0.2, 0.25) is 0 Å². The Morgan fingerprint density at radius 3 is 3.05 bits per heavy atom. The SMILES string of the molecule is Cc1c(Br)cccc1CCNC(=O)c1ncoc1C1CC1. The number of rotatable bonds is 5. The molecule has 21 heavy (non-hydrogen) atoms. The molecule has 110 valence electrons. The molecular weight excluding hydrogens is 332 g/mol. The van der Waals surface area contributed by atoms with E-state index in [1.54, 1.807) is 0 Å². The molecule has 4 nitrogen and oxygen atoms in total. The Kier molecular flexibility index (Phi) is 4.10. The van der Waals surface area contributed by atoms with Crippen LogP contribution in [0.2, 0.25) is 0 Å². The summed E-state index contributed by atoms with van der Waals surface area (Å²) in [6.07, 6.45) is 4.34. The number of oxazole rings is 1. The molecule has 1 N–H and O–H groups in total. The van der Waals surface area contributed by atoms with E-state index in [0.717, 1.165) is 29.5 Å². The van der Waals surface area contributed by atoms with E-state index in [9.17, 15) is 4.79 Å². The van der Waals surface area contributed by atoms with Crippen LogP contribution in [-0.2, 0) is 6.42 Å². The Bertz CT molecular complexity index is 662. The number of nitrogens with one attached hydrogen (secondary N) is 1. The van der Waals surface area contributed by atoms with Gasteiger partial charge >= 0.3 is 0 Å². The van der Waals surface area contributed by atoms with Gasteiger partial charge in [-0.05, 0) is 43.4 Å². The van der Waals surface area contributed by atoms with Crippen molar-refractivity contribution >= 4 is 21.8 Å². The lowest BCUT2D eigenvalue weighted by Crippen LogP contribution is -2.27. The molecule has 1 aromatic carbocycles. The maximum Gasteiger partial charge on any atom is 0.273 e. The normalized spacial score (nSPS) is 14.2. The number of carbonyl (C=O) groups excluding carboxylic acids is 1. The first-order valence-corrected chi connectivity index (χ1v) is 7.91. The van der Waals surface area contributed by atoms with Gasteiger partial charge < -0.3 is 9.73 Å². The largest absolute Gasteiger partial charge is 0.447 e. The summed E-state index contributed by atoms with van der Waals surface area (Å²) in [5, 5.41) is 2.93. The van der Waals surface area contributed by atoms with Crippen LogP contribution in [0.15, 0.2) is 33.5 Å². The number of aromatic nitrogens is 1. The molecule has 0 radical (unpaired) electrons. The van der Waals surface area contributed by atoms with Gasteiger partial charge in [-0.1, -0.05) is 28.1 Å². The van der Waals surface area contributed by atoms with Gasteiger partial charge in [0.1, 0.15) is 5.76 Å². The monoisotopic (exact) mass is 348 g/mol. The van der Waals surface area contributed by atoms with E-state index in [1.807, 2.05) is 12.1 Å². The molecule has 1 fully saturated rings. The fourth-order valence-electron chi connectivity index (χ4n) is 2.38. The van der Waals surface area contributed by atoms with Crippen molar-refractivity contribution in [2.45, 2.75) is 32.1 Å². The van der Waals surface area contributed by atoms with Gasteiger partial charge in [-0.2, -0.15) is 0 Å². The number of benzene rings is 1. The fourth-order valence-corrected chi connectivity index (χ4v) is 2.79. The highest BCUT2D eigenvalue weighted by Crippen LogP contribution is 2.41. The summed E-state index contributed by atoms with van der Waals surface area (Å²) >= 11 is 3.52. The Balaban J connectivity index is 1.59. The van der Waals surface area contributed by atoms with E-state index in [0.29, 0.717) is 18.2 Å². The number of nitrogens with zero attached hydrogens (tertiary/aromatic N) is 1. The van der Waals surface area contributed by atoms with Crippen molar-refractivity contribution in [3.8, 4) is 0 Å². The van der Waals surface area contributed by atoms with E-state index in [-0.39, 0.29) is 5.91 Å². The molecule has 0 atom stereocenters. The van der Waals surface area contributed by atoms with E-state index < -0.39 is 0 Å². The van der Waals surface area contributed by atoms with Crippen LogP contribution in [0.25, 0.3) is 0 Å². The Morgan fingerprint density at radius 2 is 2.29 bits per heavy atom. The summed E-state index contributed by atoms with van der Waals surface area (Å²) in [5.41, 5.74) is 2.89. The van der Waals surface area contributed by atoms with E-state index in [2.05, 4.69) is 39.2 Å². The summed E-state index contributed by atoms with van der Waals surface area (Å²) in [4.78, 5) is 16.2. The maximum atomic E-state index is 12.2. The molecule has 0 aliphatic heterocycles. The first-order chi connectivity index (χ1) is 10.2. The highest BCUT2D eigenvalue weighted by Gasteiger charge is 2.32. The third-order valence-electron chi connectivity index (χ3n) is 3.82. The number of halogens is 1. The van der Waals surface area contributed by atoms with Crippen molar-refractivity contribution in [1.82, 2.24) is 10.3 Å². The van der Waals surface area contributed by atoms with Crippen molar-refractivity contribution in [3.63, 3.8) is 0 Å². The van der Waals surface area contributed by atoms with Crippen LogP contribution in [0.1, 0.15) is 46.1 Å². The molecule has 0 unspecified atom stereocenters. The van der Waals surface area contributed by atoms with Gasteiger partial charge in [0, 0.05) is 16.9 Å². The van der Waals surface area contributed by atoms with Crippen molar-refractivity contribution in [3.05, 3.63) is 51.6 Å². The summed E-state index contributed by atoms with van der Waals surface area (Å²) in [7, 11) is 0. The van der Waals surface area contributed by atoms with Crippen molar-refractivity contribution in [2.75, 3.05) is 6.54 Å². The first kappa shape index (κ1) is 14.3. The fraction of sp³-hybridized carbons (Fsp3) is 0.375. The van der Waals surface area contributed by atoms with Crippen LogP contribution < -0.4 is 5.32 Å². The number of hydrogen-bond donors (Lipinski definition) is 1. The molecule has 1 saturated carbocycles. The zero-order valence-electron chi connectivity index (χ0n) is 11.9. The highest BCUT2D eigenvalue weighted by atomic mass is 79.9. The summed E-state index contributed by atoms with van der Waals surface area (Å²) in [6, 6.07) is 6.11. The van der Waals surface area contributed by atoms with Gasteiger partial charge in [0.15, 0.2) is 12.1 Å². The first-order valence-electron chi connectivity index (χ1n) is 7.12. The lowest BCUT2D eigenvalue weighted by molar-refractivity contribution is 0.0947. The number of amides is 1. The van der Waals surface area contributed by atoms with Gasteiger partial charge in [-0.25, -0.2) is 4.98 Å². The van der Waals surface area contributed by atoms with Crippen molar-refractivity contribution in [1.29, 1.82) is 0 Å². The number of hydrogen-bond acceptors (Lipinski definition) is 3. The highest BCUT2D eigenvalue weighted by molar-refractivity contribution is 9.10. The molecule has 1 amide bonds. The summed E-state index contributed by atoms with van der Waals surface area (Å²) in [6.45, 7) is 2.66. The standard InChI is InChI=1S/C16H17BrN2O2/c1-10-11(3-2-4-13(10)17)7-8-18-16(20)14-15(12-5-6-12)21-9-19-14/h2-4,9,12H,5-8H2,1H3,(H,18,20). The van der Waals surface area contributed by atoms with Crippen LogP contribution in [0, 0.1) is 6.92 Å². The molecule has 1 aromatic heterocycles. The van der Waals surface area contributed by atoms with Gasteiger partial charge in [0.25, 0.3) is 5.91 Å². The molecule has 0 spiro atoms. The predicted octanol–water partition coefficient (Wildman–Crippen LogP) is 3.60. The minimum Gasteiger partial charge on any atom is -0.447 e. The number of carbonyl (C=O) groups is 1. The summed E-state index contributed by atoms with van der Waals surface area (Å²) < 4.78 is 6.43. The van der Waals surface area contributed by atoms with Crippen LogP contribution >= 0.6 is 15.9 Å². The average molecular weight is 349 g/mol. The van der Waals surface area contributed by atoms with Gasteiger partial charge in [-0.15, -0.1) is 0 Å². The molecule has 1 aliphatic carbocycles. The van der Waals surface area contributed by atoms with Crippen LogP contribution in [0.5, 0.6) is 0 Å². The predicted molar refractivity (Wildman–Crippen MR) is 83.4 cm³/mol. The average Bonchev–Trinajstić information content (AvgIpc) is 3.20. The topological polar surface area (TPSA) is 55.1 Å². The van der Waals surface area contributed by atoms with Crippen LogP contribution in [-0.4, -0.2) is 17.4 Å². The van der Waals surface area contributed by atoms with Crippen molar-refractivity contribution in [2.24, 2.45) is 0 Å². The van der Waals surface area contributed by atoms with E-state index >= 15 is 0 Å². The van der Waals surface area contributed by atoms with Gasteiger partial charge in [-0.3, -0.25) is 4.79 Å². The molecular formula is C16H17BrN2O2. The van der Waals surface area contributed by atoms with Gasteiger partial charge in [0.05, 0.1) is 0 Å².